The van der Waals surface area contributed by atoms with Crippen molar-refractivity contribution in [3.05, 3.63) is 47.4 Å². The Morgan fingerprint density at radius 2 is 2.06 bits per heavy atom. The van der Waals surface area contributed by atoms with Crippen molar-refractivity contribution >= 4 is 12.1 Å². The number of ether oxygens (including phenoxy) is 2. The second-order valence-electron chi connectivity index (χ2n) is 8.42. The summed E-state index contributed by atoms with van der Waals surface area (Å²) in [5, 5.41) is 9.66. The topological polar surface area (TPSA) is 89.0 Å². The SMILES string of the molecule is COc1cccc(F)c1-c1cc(C(=O)O)c(C#CC2CCN(C(=O)OC(C)(C)C)C2)cn1. The highest BCUT2D eigenvalue weighted by Crippen LogP contribution is 2.32. The molecule has 1 fully saturated rings. The molecule has 32 heavy (non-hydrogen) atoms. The Morgan fingerprint density at radius 1 is 1.31 bits per heavy atom. The van der Waals surface area contributed by atoms with Crippen molar-refractivity contribution in [2.75, 3.05) is 20.2 Å². The number of carboxylic acids is 1. The fourth-order valence-electron chi connectivity index (χ4n) is 3.34. The minimum Gasteiger partial charge on any atom is -0.496 e. The Bertz CT molecular complexity index is 1100. The number of carboxylic acid groups (broad SMARTS) is 1. The summed E-state index contributed by atoms with van der Waals surface area (Å²) in [5.41, 5.74) is -0.228. The van der Waals surface area contributed by atoms with E-state index >= 15 is 0 Å². The zero-order valence-electron chi connectivity index (χ0n) is 18.4. The van der Waals surface area contributed by atoms with E-state index in [0.29, 0.717) is 19.5 Å². The number of amides is 1. The molecule has 1 saturated heterocycles. The number of hydrogen-bond acceptors (Lipinski definition) is 5. The van der Waals surface area contributed by atoms with Gasteiger partial charge in [-0.3, -0.25) is 4.98 Å². The predicted molar refractivity (Wildman–Crippen MR) is 116 cm³/mol. The number of rotatable bonds is 3. The van der Waals surface area contributed by atoms with Crippen LogP contribution in [0.2, 0.25) is 0 Å². The van der Waals surface area contributed by atoms with Crippen molar-refractivity contribution in [3.8, 4) is 28.8 Å². The number of nitrogens with zero attached hydrogens (tertiary/aromatic N) is 2. The number of pyridine rings is 1. The Kier molecular flexibility index (Phi) is 6.68. The predicted octanol–water partition coefficient (Wildman–Crippen LogP) is 4.20. The van der Waals surface area contributed by atoms with Crippen LogP contribution in [0.5, 0.6) is 5.75 Å². The lowest BCUT2D eigenvalue weighted by Crippen LogP contribution is -2.35. The quantitative estimate of drug-likeness (QED) is 0.720. The highest BCUT2D eigenvalue weighted by Gasteiger charge is 2.29. The van der Waals surface area contributed by atoms with Crippen LogP contribution in [0.3, 0.4) is 0 Å². The van der Waals surface area contributed by atoms with Gasteiger partial charge in [0.15, 0.2) is 0 Å². The van der Waals surface area contributed by atoms with Gasteiger partial charge in [-0.2, -0.15) is 0 Å². The van der Waals surface area contributed by atoms with Crippen molar-refractivity contribution in [2.45, 2.75) is 32.8 Å². The third kappa shape index (κ3) is 5.35. The molecule has 2 heterocycles. The Labute approximate surface area is 186 Å². The van der Waals surface area contributed by atoms with E-state index in [1.54, 1.807) is 31.7 Å². The van der Waals surface area contributed by atoms with Crippen molar-refractivity contribution in [1.82, 2.24) is 9.88 Å². The molecule has 0 bridgehead atoms. The molecule has 3 rings (SSSR count). The van der Waals surface area contributed by atoms with E-state index in [0.717, 1.165) is 0 Å². The number of carbonyl (C=O) groups excluding carboxylic acids is 1. The summed E-state index contributed by atoms with van der Waals surface area (Å²) in [6.45, 7) is 6.34. The monoisotopic (exact) mass is 440 g/mol. The van der Waals surface area contributed by atoms with Gasteiger partial charge in [0.2, 0.25) is 0 Å². The van der Waals surface area contributed by atoms with E-state index in [9.17, 15) is 19.1 Å². The third-order valence-corrected chi connectivity index (χ3v) is 4.84. The molecule has 7 nitrogen and oxygen atoms in total. The van der Waals surface area contributed by atoms with Gasteiger partial charge in [-0.05, 0) is 45.4 Å². The lowest BCUT2D eigenvalue weighted by molar-refractivity contribution is 0.0291. The summed E-state index contributed by atoms with van der Waals surface area (Å²) in [6, 6.07) is 5.61. The normalized spacial score (nSPS) is 15.7. The van der Waals surface area contributed by atoms with Crippen LogP contribution >= 0.6 is 0 Å². The first-order chi connectivity index (χ1) is 15.1. The van der Waals surface area contributed by atoms with Crippen LogP contribution in [0.15, 0.2) is 30.5 Å². The second-order valence-corrected chi connectivity index (χ2v) is 8.42. The Morgan fingerprint density at radius 3 is 2.72 bits per heavy atom. The zero-order chi connectivity index (χ0) is 23.5. The van der Waals surface area contributed by atoms with Crippen molar-refractivity contribution in [1.29, 1.82) is 0 Å². The Hall–Kier alpha value is -3.60. The highest BCUT2D eigenvalue weighted by molar-refractivity contribution is 5.92. The van der Waals surface area contributed by atoms with Gasteiger partial charge < -0.3 is 19.5 Å². The zero-order valence-corrected chi connectivity index (χ0v) is 18.4. The third-order valence-electron chi connectivity index (χ3n) is 4.84. The highest BCUT2D eigenvalue weighted by atomic mass is 19.1. The first-order valence-electron chi connectivity index (χ1n) is 10.1. The molecule has 1 aromatic carbocycles. The van der Waals surface area contributed by atoms with Gasteiger partial charge in [-0.25, -0.2) is 14.0 Å². The number of methoxy groups -OCH3 is 1. The van der Waals surface area contributed by atoms with Crippen LogP contribution in [0.25, 0.3) is 11.3 Å². The summed E-state index contributed by atoms with van der Waals surface area (Å²) in [4.78, 5) is 29.8. The number of hydrogen-bond donors (Lipinski definition) is 1. The molecule has 1 atom stereocenters. The largest absolute Gasteiger partial charge is 0.496 e. The molecule has 0 saturated carbocycles. The van der Waals surface area contributed by atoms with Crippen LogP contribution in [0, 0.1) is 23.6 Å². The molecule has 1 aromatic heterocycles. The van der Waals surface area contributed by atoms with Crippen molar-refractivity contribution in [3.63, 3.8) is 0 Å². The van der Waals surface area contributed by atoms with Gasteiger partial charge in [0.25, 0.3) is 0 Å². The summed E-state index contributed by atoms with van der Waals surface area (Å²) in [5.74, 6) is 4.27. The number of halogens is 1. The number of likely N-dealkylation sites (tertiary alicyclic amines) is 1. The lowest BCUT2D eigenvalue weighted by atomic mass is 10.0. The van der Waals surface area contributed by atoms with Crippen molar-refractivity contribution in [2.24, 2.45) is 5.92 Å². The average molecular weight is 440 g/mol. The number of benzene rings is 1. The van der Waals surface area contributed by atoms with Crippen LogP contribution in [0.4, 0.5) is 9.18 Å². The minimum atomic E-state index is -1.20. The summed E-state index contributed by atoms with van der Waals surface area (Å²) >= 11 is 0. The maximum atomic E-state index is 14.4. The number of carbonyl (C=O) groups is 2. The standard InChI is InChI=1S/C24H25FN2O5/c1-24(2,3)32-23(30)27-11-10-15(14-27)8-9-16-13-26-19(12-17(16)22(28)29)21-18(25)6-5-7-20(21)31-4/h5-7,12-13,15H,10-11,14H2,1-4H3,(H,28,29). The summed E-state index contributed by atoms with van der Waals surface area (Å²) in [6.07, 6.45) is 1.59. The molecule has 1 N–H and O–H groups in total. The molecule has 8 heteroatoms. The minimum absolute atomic E-state index is 0.0841. The first kappa shape index (κ1) is 23.1. The van der Waals surface area contributed by atoms with Gasteiger partial charge in [-0.15, -0.1) is 0 Å². The molecule has 0 radical (unpaired) electrons. The number of aromatic carboxylic acids is 1. The van der Waals surface area contributed by atoms with Gasteiger partial charge in [0.05, 0.1) is 29.5 Å². The van der Waals surface area contributed by atoms with E-state index < -0.39 is 23.5 Å². The van der Waals surface area contributed by atoms with E-state index in [-0.39, 0.29) is 34.1 Å². The first-order valence-corrected chi connectivity index (χ1v) is 10.1. The molecule has 0 aliphatic carbocycles. The summed E-state index contributed by atoms with van der Waals surface area (Å²) < 4.78 is 24.9. The number of aromatic nitrogens is 1. The average Bonchev–Trinajstić information content (AvgIpc) is 3.20. The van der Waals surface area contributed by atoms with Crippen LogP contribution in [-0.4, -0.2) is 52.9 Å². The van der Waals surface area contributed by atoms with Crippen LogP contribution < -0.4 is 4.74 Å². The van der Waals surface area contributed by atoms with Gasteiger partial charge >= 0.3 is 12.1 Å². The van der Waals surface area contributed by atoms with Gasteiger partial charge in [-0.1, -0.05) is 17.9 Å². The molecular formula is C24H25FN2O5. The molecule has 168 valence electrons. The van der Waals surface area contributed by atoms with Crippen LogP contribution in [0.1, 0.15) is 43.1 Å². The Balaban J connectivity index is 1.83. The van der Waals surface area contributed by atoms with E-state index in [1.165, 1.54) is 31.5 Å². The fraction of sp³-hybridized carbons (Fsp3) is 0.375. The van der Waals surface area contributed by atoms with Gasteiger partial charge in [0, 0.05) is 25.2 Å². The molecule has 0 spiro atoms. The van der Waals surface area contributed by atoms with E-state index in [1.807, 2.05) is 0 Å². The molecule has 2 aromatic rings. The fourth-order valence-corrected chi connectivity index (χ4v) is 3.34. The van der Waals surface area contributed by atoms with E-state index in [2.05, 4.69) is 16.8 Å². The molecule has 1 aliphatic heterocycles. The van der Waals surface area contributed by atoms with Crippen molar-refractivity contribution < 1.29 is 28.6 Å². The maximum Gasteiger partial charge on any atom is 0.410 e. The van der Waals surface area contributed by atoms with E-state index in [4.69, 9.17) is 9.47 Å². The molecule has 1 amide bonds. The second kappa shape index (κ2) is 9.27. The molecule has 1 unspecified atom stereocenters. The smallest absolute Gasteiger partial charge is 0.410 e. The molecular weight excluding hydrogens is 415 g/mol. The van der Waals surface area contributed by atoms with Gasteiger partial charge in [0.1, 0.15) is 17.2 Å². The molecule has 1 aliphatic rings. The summed E-state index contributed by atoms with van der Waals surface area (Å²) in [7, 11) is 1.40. The van der Waals surface area contributed by atoms with Crippen LogP contribution in [-0.2, 0) is 4.74 Å². The lowest BCUT2D eigenvalue weighted by Gasteiger charge is -2.24. The maximum absolute atomic E-state index is 14.4.